The lowest BCUT2D eigenvalue weighted by Crippen LogP contribution is -2.37. The molecule has 1 aromatic rings. The second kappa shape index (κ2) is 8.17. The van der Waals surface area contributed by atoms with Gasteiger partial charge in [-0.1, -0.05) is 22.0 Å². The molecule has 1 aliphatic carbocycles. The van der Waals surface area contributed by atoms with Crippen molar-refractivity contribution in [2.24, 2.45) is 0 Å². The van der Waals surface area contributed by atoms with Gasteiger partial charge in [0.2, 0.25) is 0 Å². The molecular formula is C16H20BrNO4. The fraction of sp³-hybridized carbons (Fsp3) is 0.500. The molecule has 120 valence electrons. The summed E-state index contributed by atoms with van der Waals surface area (Å²) < 4.78 is 11.6. The normalized spacial score (nSPS) is 15.0. The molecule has 1 N–H and O–H groups in total. The predicted molar refractivity (Wildman–Crippen MR) is 85.6 cm³/mol. The lowest BCUT2D eigenvalue weighted by molar-refractivity contribution is -0.155. The van der Waals surface area contributed by atoms with E-state index in [-0.39, 0.29) is 24.3 Å². The first-order valence-corrected chi connectivity index (χ1v) is 8.22. The maximum atomic E-state index is 11.7. The van der Waals surface area contributed by atoms with Crippen LogP contribution in [-0.2, 0) is 14.3 Å². The zero-order chi connectivity index (χ0) is 15.9. The summed E-state index contributed by atoms with van der Waals surface area (Å²) in [5.41, 5.74) is 0. The minimum Gasteiger partial charge on any atom is -0.494 e. The number of halogens is 1. The summed E-state index contributed by atoms with van der Waals surface area (Å²) in [6, 6.07) is 7.79. The van der Waals surface area contributed by atoms with E-state index in [9.17, 15) is 9.59 Å². The quantitative estimate of drug-likeness (QED) is 0.565. The van der Waals surface area contributed by atoms with Gasteiger partial charge in [0.25, 0.3) is 5.91 Å². The number of amides is 1. The van der Waals surface area contributed by atoms with Crippen molar-refractivity contribution in [1.29, 1.82) is 0 Å². The number of nitrogens with one attached hydrogen (secondary N) is 1. The van der Waals surface area contributed by atoms with Crippen LogP contribution in [-0.4, -0.2) is 30.6 Å². The minimum absolute atomic E-state index is 0.221. The Morgan fingerprint density at radius 2 is 2.18 bits per heavy atom. The first-order chi connectivity index (χ1) is 10.5. The van der Waals surface area contributed by atoms with Crippen LogP contribution in [0.15, 0.2) is 28.7 Å². The molecule has 0 aliphatic heterocycles. The Morgan fingerprint density at radius 3 is 2.86 bits per heavy atom. The van der Waals surface area contributed by atoms with Crippen LogP contribution in [0.3, 0.4) is 0 Å². The lowest BCUT2D eigenvalue weighted by atomic mass is 10.3. The molecular weight excluding hydrogens is 350 g/mol. The highest BCUT2D eigenvalue weighted by Crippen LogP contribution is 2.19. The zero-order valence-corrected chi connectivity index (χ0v) is 14.1. The molecule has 1 aromatic carbocycles. The van der Waals surface area contributed by atoms with Gasteiger partial charge in [-0.05, 0) is 44.4 Å². The average molecular weight is 370 g/mol. The SMILES string of the molecule is C[C@@H](OC(=O)CCCOc1cccc(Br)c1)C(=O)NC1CC1. The van der Waals surface area contributed by atoms with Crippen LogP contribution in [0.1, 0.15) is 32.6 Å². The van der Waals surface area contributed by atoms with Crippen molar-refractivity contribution in [1.82, 2.24) is 5.32 Å². The molecule has 1 aliphatic rings. The standard InChI is InChI=1S/C16H20BrNO4/c1-11(16(20)18-13-7-8-13)22-15(19)6-3-9-21-14-5-2-4-12(17)10-14/h2,4-5,10-11,13H,3,6-9H2,1H3,(H,18,20)/t11-/m1/s1. The van der Waals surface area contributed by atoms with E-state index in [4.69, 9.17) is 9.47 Å². The Bertz CT molecular complexity index is 531. The first-order valence-electron chi connectivity index (χ1n) is 7.43. The second-order valence-corrected chi connectivity index (χ2v) is 6.24. The molecule has 1 fully saturated rings. The molecule has 0 bridgehead atoms. The van der Waals surface area contributed by atoms with Gasteiger partial charge in [0.1, 0.15) is 5.75 Å². The number of carbonyl (C=O) groups is 2. The Balaban J connectivity index is 1.59. The molecule has 5 nitrogen and oxygen atoms in total. The molecule has 6 heteroatoms. The van der Waals surface area contributed by atoms with E-state index in [2.05, 4.69) is 21.2 Å². The van der Waals surface area contributed by atoms with Gasteiger partial charge in [-0.3, -0.25) is 9.59 Å². The summed E-state index contributed by atoms with van der Waals surface area (Å²) in [5, 5.41) is 2.81. The number of hydrogen-bond donors (Lipinski definition) is 1. The highest BCUT2D eigenvalue weighted by Gasteiger charge is 2.26. The van der Waals surface area contributed by atoms with Crippen LogP contribution >= 0.6 is 15.9 Å². The van der Waals surface area contributed by atoms with E-state index in [0.29, 0.717) is 13.0 Å². The summed E-state index contributed by atoms with van der Waals surface area (Å²) in [4.78, 5) is 23.3. The van der Waals surface area contributed by atoms with Crippen LogP contribution in [0.5, 0.6) is 5.75 Å². The molecule has 0 heterocycles. The largest absolute Gasteiger partial charge is 0.494 e. The monoisotopic (exact) mass is 369 g/mol. The van der Waals surface area contributed by atoms with E-state index in [1.165, 1.54) is 0 Å². The van der Waals surface area contributed by atoms with Crippen LogP contribution in [0, 0.1) is 0 Å². The number of rotatable bonds is 8. The van der Waals surface area contributed by atoms with Crippen molar-refractivity contribution < 1.29 is 19.1 Å². The fourth-order valence-corrected chi connectivity index (χ4v) is 2.20. The number of ether oxygens (including phenoxy) is 2. The summed E-state index contributed by atoms with van der Waals surface area (Å²) in [5.74, 6) is 0.150. The van der Waals surface area contributed by atoms with Crippen LogP contribution < -0.4 is 10.1 Å². The molecule has 0 radical (unpaired) electrons. The van der Waals surface area contributed by atoms with E-state index >= 15 is 0 Å². The maximum Gasteiger partial charge on any atom is 0.306 e. The summed E-state index contributed by atoms with van der Waals surface area (Å²) in [6.07, 6.45) is 2.06. The van der Waals surface area contributed by atoms with E-state index in [1.54, 1.807) is 6.92 Å². The number of hydrogen-bond acceptors (Lipinski definition) is 4. The van der Waals surface area contributed by atoms with Gasteiger partial charge in [0.05, 0.1) is 6.61 Å². The van der Waals surface area contributed by atoms with Gasteiger partial charge < -0.3 is 14.8 Å². The van der Waals surface area contributed by atoms with Gasteiger partial charge in [-0.15, -0.1) is 0 Å². The molecule has 2 rings (SSSR count). The van der Waals surface area contributed by atoms with Crippen LogP contribution in [0.4, 0.5) is 0 Å². The van der Waals surface area contributed by atoms with E-state index in [1.807, 2.05) is 24.3 Å². The zero-order valence-electron chi connectivity index (χ0n) is 12.5. The molecule has 1 saturated carbocycles. The van der Waals surface area contributed by atoms with Crippen molar-refractivity contribution in [2.45, 2.75) is 44.8 Å². The Morgan fingerprint density at radius 1 is 1.41 bits per heavy atom. The van der Waals surface area contributed by atoms with Gasteiger partial charge in [-0.2, -0.15) is 0 Å². The molecule has 22 heavy (non-hydrogen) atoms. The Hall–Kier alpha value is -1.56. The second-order valence-electron chi connectivity index (χ2n) is 5.32. The number of benzene rings is 1. The smallest absolute Gasteiger partial charge is 0.306 e. The highest BCUT2D eigenvalue weighted by molar-refractivity contribution is 9.10. The third-order valence-corrected chi connectivity index (χ3v) is 3.68. The van der Waals surface area contributed by atoms with Crippen LogP contribution in [0.2, 0.25) is 0 Å². The van der Waals surface area contributed by atoms with Gasteiger partial charge in [0.15, 0.2) is 6.10 Å². The first kappa shape index (κ1) is 16.8. The predicted octanol–water partition coefficient (Wildman–Crippen LogP) is 2.82. The summed E-state index contributed by atoms with van der Waals surface area (Å²) in [7, 11) is 0. The van der Waals surface area contributed by atoms with Crippen molar-refractivity contribution in [3.05, 3.63) is 28.7 Å². The van der Waals surface area contributed by atoms with Gasteiger partial charge in [0, 0.05) is 16.9 Å². The number of carbonyl (C=O) groups excluding carboxylic acids is 2. The maximum absolute atomic E-state index is 11.7. The van der Waals surface area contributed by atoms with Crippen LogP contribution in [0.25, 0.3) is 0 Å². The van der Waals surface area contributed by atoms with E-state index in [0.717, 1.165) is 23.1 Å². The van der Waals surface area contributed by atoms with Crippen molar-refractivity contribution in [3.8, 4) is 5.75 Å². The topological polar surface area (TPSA) is 64.6 Å². The Labute approximate surface area is 138 Å². The van der Waals surface area contributed by atoms with Crippen molar-refractivity contribution in [3.63, 3.8) is 0 Å². The minimum atomic E-state index is -0.737. The highest BCUT2D eigenvalue weighted by atomic mass is 79.9. The molecule has 0 spiro atoms. The van der Waals surface area contributed by atoms with E-state index < -0.39 is 6.10 Å². The van der Waals surface area contributed by atoms with Crippen molar-refractivity contribution >= 4 is 27.8 Å². The third kappa shape index (κ3) is 6.05. The molecule has 1 atom stereocenters. The van der Waals surface area contributed by atoms with Crippen molar-refractivity contribution in [2.75, 3.05) is 6.61 Å². The molecule has 0 saturated heterocycles. The summed E-state index contributed by atoms with van der Waals surface area (Å²) in [6.45, 7) is 2.02. The molecule has 0 aromatic heterocycles. The molecule has 1 amide bonds. The number of esters is 1. The third-order valence-electron chi connectivity index (χ3n) is 3.19. The summed E-state index contributed by atoms with van der Waals surface area (Å²) >= 11 is 3.36. The molecule has 0 unspecified atom stereocenters. The average Bonchev–Trinajstić information content (AvgIpc) is 3.27. The van der Waals surface area contributed by atoms with Gasteiger partial charge in [-0.25, -0.2) is 0 Å². The lowest BCUT2D eigenvalue weighted by Gasteiger charge is -2.13. The Kier molecular flexibility index (Phi) is 6.24. The van der Waals surface area contributed by atoms with Gasteiger partial charge >= 0.3 is 5.97 Å². The fourth-order valence-electron chi connectivity index (χ4n) is 1.82.